The molecule has 0 spiro atoms. The molecule has 1 aliphatic heterocycles. The van der Waals surface area contributed by atoms with Gasteiger partial charge in [-0.15, -0.1) is 0 Å². The standard InChI is InChI=1S/C10H14N2O/c1-2-8(1)10-12-6-9(13-10)3-7-4-11-5-7/h6-8,11H,1-5H2. The van der Waals surface area contributed by atoms with Crippen LogP contribution in [0.15, 0.2) is 10.6 Å². The first-order valence-corrected chi connectivity index (χ1v) is 5.07. The molecule has 0 atom stereocenters. The van der Waals surface area contributed by atoms with Crippen molar-refractivity contribution in [3.63, 3.8) is 0 Å². The van der Waals surface area contributed by atoms with Crippen LogP contribution in [0.3, 0.4) is 0 Å². The maximum Gasteiger partial charge on any atom is 0.197 e. The number of hydrogen-bond donors (Lipinski definition) is 1. The maximum atomic E-state index is 5.68. The van der Waals surface area contributed by atoms with Gasteiger partial charge < -0.3 is 9.73 Å². The van der Waals surface area contributed by atoms with Gasteiger partial charge in [0.25, 0.3) is 0 Å². The first-order chi connectivity index (χ1) is 6.42. The molecule has 2 aliphatic rings. The van der Waals surface area contributed by atoms with Crippen molar-refractivity contribution >= 4 is 0 Å². The second-order valence-corrected chi connectivity index (χ2v) is 4.17. The van der Waals surface area contributed by atoms with Crippen molar-refractivity contribution in [2.45, 2.75) is 25.2 Å². The van der Waals surface area contributed by atoms with Crippen molar-refractivity contribution in [2.75, 3.05) is 13.1 Å². The van der Waals surface area contributed by atoms with Crippen molar-refractivity contribution in [1.82, 2.24) is 10.3 Å². The second kappa shape index (κ2) is 2.84. The number of nitrogens with zero attached hydrogens (tertiary/aromatic N) is 1. The molecule has 1 aliphatic carbocycles. The highest BCUT2D eigenvalue weighted by molar-refractivity contribution is 5.05. The van der Waals surface area contributed by atoms with Gasteiger partial charge in [-0.05, 0) is 31.8 Å². The highest BCUT2D eigenvalue weighted by atomic mass is 16.4. The van der Waals surface area contributed by atoms with Crippen LogP contribution >= 0.6 is 0 Å². The Labute approximate surface area is 77.5 Å². The van der Waals surface area contributed by atoms with Crippen molar-refractivity contribution in [1.29, 1.82) is 0 Å². The van der Waals surface area contributed by atoms with E-state index in [1.54, 1.807) is 0 Å². The fourth-order valence-corrected chi connectivity index (χ4v) is 1.71. The summed E-state index contributed by atoms with van der Waals surface area (Å²) in [6.45, 7) is 2.28. The molecule has 1 saturated heterocycles. The van der Waals surface area contributed by atoms with E-state index >= 15 is 0 Å². The van der Waals surface area contributed by atoms with Gasteiger partial charge in [0, 0.05) is 12.3 Å². The molecule has 13 heavy (non-hydrogen) atoms. The quantitative estimate of drug-likeness (QED) is 0.758. The molecule has 1 saturated carbocycles. The highest BCUT2D eigenvalue weighted by Gasteiger charge is 2.29. The molecule has 2 fully saturated rings. The molecule has 3 heteroatoms. The summed E-state index contributed by atoms with van der Waals surface area (Å²) in [6, 6.07) is 0. The summed E-state index contributed by atoms with van der Waals surface area (Å²) in [4.78, 5) is 4.30. The highest BCUT2D eigenvalue weighted by Crippen LogP contribution is 2.39. The van der Waals surface area contributed by atoms with Gasteiger partial charge in [0.15, 0.2) is 5.89 Å². The number of oxazole rings is 1. The third-order valence-electron chi connectivity index (χ3n) is 2.85. The molecule has 2 heterocycles. The lowest BCUT2D eigenvalue weighted by Crippen LogP contribution is -2.42. The van der Waals surface area contributed by atoms with E-state index in [4.69, 9.17) is 4.42 Å². The number of hydrogen-bond acceptors (Lipinski definition) is 3. The van der Waals surface area contributed by atoms with E-state index in [0.717, 1.165) is 37.1 Å². The zero-order valence-corrected chi connectivity index (χ0v) is 7.62. The number of rotatable bonds is 3. The minimum Gasteiger partial charge on any atom is -0.445 e. The summed E-state index contributed by atoms with van der Waals surface area (Å²) >= 11 is 0. The Hall–Kier alpha value is -0.830. The summed E-state index contributed by atoms with van der Waals surface area (Å²) in [6.07, 6.45) is 5.51. The van der Waals surface area contributed by atoms with Crippen molar-refractivity contribution in [2.24, 2.45) is 5.92 Å². The minimum atomic E-state index is 0.647. The molecule has 0 bridgehead atoms. The van der Waals surface area contributed by atoms with Gasteiger partial charge in [-0.2, -0.15) is 0 Å². The van der Waals surface area contributed by atoms with E-state index in [9.17, 15) is 0 Å². The average molecular weight is 178 g/mol. The van der Waals surface area contributed by atoms with E-state index in [2.05, 4.69) is 10.3 Å². The van der Waals surface area contributed by atoms with Gasteiger partial charge in [0.2, 0.25) is 0 Å². The predicted molar refractivity (Wildman–Crippen MR) is 48.5 cm³/mol. The SMILES string of the molecule is c1nc(C2CC2)oc1CC1CNC1. The molecular weight excluding hydrogens is 164 g/mol. The molecule has 70 valence electrons. The zero-order valence-electron chi connectivity index (χ0n) is 7.62. The Morgan fingerprint density at radius 3 is 2.92 bits per heavy atom. The summed E-state index contributed by atoms with van der Waals surface area (Å²) in [5.41, 5.74) is 0. The van der Waals surface area contributed by atoms with Crippen LogP contribution in [-0.2, 0) is 6.42 Å². The molecule has 0 amide bonds. The van der Waals surface area contributed by atoms with Gasteiger partial charge >= 0.3 is 0 Å². The van der Waals surface area contributed by atoms with Crippen LogP contribution < -0.4 is 5.32 Å². The first-order valence-electron chi connectivity index (χ1n) is 5.07. The van der Waals surface area contributed by atoms with Gasteiger partial charge in [0.1, 0.15) is 5.76 Å². The topological polar surface area (TPSA) is 38.1 Å². The molecule has 1 aromatic heterocycles. The molecular formula is C10H14N2O. The summed E-state index contributed by atoms with van der Waals surface area (Å²) in [5, 5.41) is 3.26. The van der Waals surface area contributed by atoms with Gasteiger partial charge in [-0.3, -0.25) is 0 Å². The van der Waals surface area contributed by atoms with Crippen molar-refractivity contribution < 1.29 is 4.42 Å². The fourth-order valence-electron chi connectivity index (χ4n) is 1.71. The molecule has 1 N–H and O–H groups in total. The normalized spacial score (nSPS) is 23.1. The van der Waals surface area contributed by atoms with E-state index < -0.39 is 0 Å². The summed E-state index contributed by atoms with van der Waals surface area (Å²) in [5.74, 6) is 3.48. The first kappa shape index (κ1) is 7.56. The molecule has 3 rings (SSSR count). The molecule has 0 aromatic carbocycles. The lowest BCUT2D eigenvalue weighted by molar-refractivity contribution is 0.318. The van der Waals surface area contributed by atoms with Crippen LogP contribution in [-0.4, -0.2) is 18.1 Å². The van der Waals surface area contributed by atoms with Crippen LogP contribution in [0.2, 0.25) is 0 Å². The number of aromatic nitrogens is 1. The van der Waals surface area contributed by atoms with Crippen LogP contribution in [0.5, 0.6) is 0 Å². The Morgan fingerprint density at radius 2 is 2.31 bits per heavy atom. The van der Waals surface area contributed by atoms with E-state index in [-0.39, 0.29) is 0 Å². The summed E-state index contributed by atoms with van der Waals surface area (Å²) in [7, 11) is 0. The Morgan fingerprint density at radius 1 is 1.46 bits per heavy atom. The Balaban J connectivity index is 1.66. The lowest BCUT2D eigenvalue weighted by atomic mass is 9.98. The van der Waals surface area contributed by atoms with Crippen molar-refractivity contribution in [3.05, 3.63) is 17.8 Å². The molecule has 3 nitrogen and oxygen atoms in total. The van der Waals surface area contributed by atoms with Crippen molar-refractivity contribution in [3.8, 4) is 0 Å². The van der Waals surface area contributed by atoms with Gasteiger partial charge in [-0.1, -0.05) is 0 Å². The molecule has 0 radical (unpaired) electrons. The molecule has 1 aromatic rings. The summed E-state index contributed by atoms with van der Waals surface area (Å²) < 4.78 is 5.68. The second-order valence-electron chi connectivity index (χ2n) is 4.17. The van der Waals surface area contributed by atoms with E-state index in [1.807, 2.05) is 6.20 Å². The van der Waals surface area contributed by atoms with Crippen LogP contribution in [0.4, 0.5) is 0 Å². The van der Waals surface area contributed by atoms with Crippen LogP contribution in [0.25, 0.3) is 0 Å². The average Bonchev–Trinajstić information content (AvgIpc) is 2.80. The third-order valence-corrected chi connectivity index (χ3v) is 2.85. The van der Waals surface area contributed by atoms with Gasteiger partial charge in [-0.25, -0.2) is 4.98 Å². The minimum absolute atomic E-state index is 0.647. The lowest BCUT2D eigenvalue weighted by Gasteiger charge is -2.25. The Kier molecular flexibility index (Phi) is 1.65. The van der Waals surface area contributed by atoms with E-state index in [1.165, 1.54) is 12.8 Å². The van der Waals surface area contributed by atoms with E-state index in [0.29, 0.717) is 5.92 Å². The zero-order chi connectivity index (χ0) is 8.67. The third kappa shape index (κ3) is 1.48. The maximum absolute atomic E-state index is 5.68. The monoisotopic (exact) mass is 178 g/mol. The smallest absolute Gasteiger partial charge is 0.197 e. The van der Waals surface area contributed by atoms with Crippen LogP contribution in [0.1, 0.15) is 30.4 Å². The van der Waals surface area contributed by atoms with Gasteiger partial charge in [0.05, 0.1) is 6.20 Å². The molecule has 0 unspecified atom stereocenters. The van der Waals surface area contributed by atoms with Crippen LogP contribution in [0, 0.1) is 5.92 Å². The Bertz CT molecular complexity index is 300. The fraction of sp³-hybridized carbons (Fsp3) is 0.700. The largest absolute Gasteiger partial charge is 0.445 e. The number of nitrogens with one attached hydrogen (secondary N) is 1. The predicted octanol–water partition coefficient (Wildman–Crippen LogP) is 1.31.